The molecule has 0 fully saturated rings. The minimum Gasteiger partial charge on any atom is -0.385 e. The molecule has 1 aliphatic heterocycles. The van der Waals surface area contributed by atoms with E-state index >= 15 is 0 Å². The van der Waals surface area contributed by atoms with Crippen LogP contribution in [0.1, 0.15) is 29.8 Å². The molecule has 1 aromatic rings. The monoisotopic (exact) mass is 207 g/mol. The van der Waals surface area contributed by atoms with Gasteiger partial charge in [-0.05, 0) is 19.9 Å². The highest BCUT2D eigenvalue weighted by Crippen LogP contribution is 2.36. The molecule has 4 nitrogen and oxygen atoms in total. The smallest absolute Gasteiger partial charge is 0.254 e. The summed E-state index contributed by atoms with van der Waals surface area (Å²) in [6, 6.07) is 6.68. The molecule has 1 heterocycles. The van der Waals surface area contributed by atoms with Crippen LogP contribution >= 0.6 is 0 Å². The second kappa shape index (κ2) is 2.81. The molecule has 80 valence electrons. The van der Waals surface area contributed by atoms with Crippen LogP contribution in [0.3, 0.4) is 0 Å². The fraction of sp³-hybridized carbons (Fsp3) is 0.364. The first-order valence-electron chi connectivity index (χ1n) is 4.73. The standard InChI is InChI=1S/C11H13NO3/c1-10(2,14)11(15)8-6-4-3-5-7(8)9(13)12-11/h3-6,14-15H,1-2H3,(H,12,13). The Bertz CT molecular complexity index is 422. The second-order valence-corrected chi connectivity index (χ2v) is 4.27. The Balaban J connectivity index is 2.63. The fourth-order valence-electron chi connectivity index (χ4n) is 1.78. The summed E-state index contributed by atoms with van der Waals surface area (Å²) in [4.78, 5) is 11.5. The Hall–Kier alpha value is -1.39. The zero-order valence-electron chi connectivity index (χ0n) is 8.61. The molecule has 1 aliphatic rings. The van der Waals surface area contributed by atoms with Crippen molar-refractivity contribution in [2.75, 3.05) is 0 Å². The van der Waals surface area contributed by atoms with Crippen LogP contribution < -0.4 is 5.32 Å². The van der Waals surface area contributed by atoms with Crippen molar-refractivity contribution >= 4 is 5.91 Å². The fourth-order valence-corrected chi connectivity index (χ4v) is 1.78. The van der Waals surface area contributed by atoms with Crippen LogP contribution in [0, 0.1) is 0 Å². The van der Waals surface area contributed by atoms with Gasteiger partial charge in [0.2, 0.25) is 0 Å². The number of carbonyl (C=O) groups is 1. The van der Waals surface area contributed by atoms with Gasteiger partial charge in [0.05, 0.1) is 0 Å². The number of carbonyl (C=O) groups excluding carboxylic acids is 1. The van der Waals surface area contributed by atoms with E-state index in [1.807, 2.05) is 0 Å². The van der Waals surface area contributed by atoms with Crippen LogP contribution in [-0.4, -0.2) is 21.7 Å². The Kier molecular flexibility index (Phi) is 1.90. The van der Waals surface area contributed by atoms with Crippen molar-refractivity contribution in [2.24, 2.45) is 0 Å². The van der Waals surface area contributed by atoms with Crippen LogP contribution in [0.2, 0.25) is 0 Å². The van der Waals surface area contributed by atoms with Crippen LogP contribution in [0.15, 0.2) is 24.3 Å². The SMILES string of the molecule is CC(C)(O)C1(O)NC(=O)c2ccccc21. The first-order chi connectivity index (χ1) is 6.86. The molecular formula is C11H13NO3. The zero-order valence-corrected chi connectivity index (χ0v) is 8.61. The molecule has 15 heavy (non-hydrogen) atoms. The molecule has 0 saturated heterocycles. The molecule has 1 aromatic carbocycles. The molecule has 0 aromatic heterocycles. The predicted molar refractivity (Wildman–Crippen MR) is 54.1 cm³/mol. The van der Waals surface area contributed by atoms with Gasteiger partial charge in [0, 0.05) is 11.1 Å². The minimum atomic E-state index is -1.71. The Morgan fingerprint density at radius 3 is 2.53 bits per heavy atom. The molecule has 0 saturated carbocycles. The molecule has 4 heteroatoms. The lowest BCUT2D eigenvalue weighted by molar-refractivity contribution is -0.146. The normalized spacial score (nSPS) is 24.9. The van der Waals surface area contributed by atoms with Crippen LogP contribution in [0.5, 0.6) is 0 Å². The number of fused-ring (bicyclic) bond motifs is 1. The van der Waals surface area contributed by atoms with Gasteiger partial charge in [0.1, 0.15) is 5.60 Å². The molecule has 1 atom stereocenters. The van der Waals surface area contributed by atoms with Crippen molar-refractivity contribution < 1.29 is 15.0 Å². The number of amides is 1. The topological polar surface area (TPSA) is 69.6 Å². The van der Waals surface area contributed by atoms with Crippen molar-refractivity contribution in [1.82, 2.24) is 5.32 Å². The summed E-state index contributed by atoms with van der Waals surface area (Å²) >= 11 is 0. The van der Waals surface area contributed by atoms with E-state index in [9.17, 15) is 15.0 Å². The molecule has 1 amide bonds. The largest absolute Gasteiger partial charge is 0.385 e. The Morgan fingerprint density at radius 1 is 1.33 bits per heavy atom. The summed E-state index contributed by atoms with van der Waals surface area (Å²) in [5.41, 5.74) is -2.32. The summed E-state index contributed by atoms with van der Waals surface area (Å²) in [5.74, 6) is -0.366. The second-order valence-electron chi connectivity index (χ2n) is 4.27. The number of hydrogen-bond acceptors (Lipinski definition) is 3. The van der Waals surface area contributed by atoms with Gasteiger partial charge < -0.3 is 15.5 Å². The molecule has 3 N–H and O–H groups in total. The maximum atomic E-state index is 11.5. The van der Waals surface area contributed by atoms with Crippen LogP contribution in [0.4, 0.5) is 0 Å². The number of nitrogens with one attached hydrogen (secondary N) is 1. The van der Waals surface area contributed by atoms with Crippen molar-refractivity contribution in [3.05, 3.63) is 35.4 Å². The van der Waals surface area contributed by atoms with Gasteiger partial charge in [-0.3, -0.25) is 4.79 Å². The molecule has 0 aliphatic carbocycles. The van der Waals surface area contributed by atoms with Gasteiger partial charge >= 0.3 is 0 Å². The maximum absolute atomic E-state index is 11.5. The van der Waals surface area contributed by atoms with Gasteiger partial charge in [-0.25, -0.2) is 0 Å². The third-order valence-corrected chi connectivity index (χ3v) is 2.74. The summed E-state index contributed by atoms with van der Waals surface area (Å²) in [7, 11) is 0. The van der Waals surface area contributed by atoms with Crippen molar-refractivity contribution in [1.29, 1.82) is 0 Å². The Labute approximate surface area is 87.6 Å². The van der Waals surface area contributed by atoms with Crippen LogP contribution in [-0.2, 0) is 5.72 Å². The van der Waals surface area contributed by atoms with E-state index in [1.54, 1.807) is 24.3 Å². The quantitative estimate of drug-likeness (QED) is 0.622. The van der Waals surface area contributed by atoms with E-state index in [2.05, 4.69) is 5.32 Å². The lowest BCUT2D eigenvalue weighted by Crippen LogP contribution is -2.55. The van der Waals surface area contributed by atoms with Crippen molar-refractivity contribution in [3.63, 3.8) is 0 Å². The maximum Gasteiger partial charge on any atom is 0.254 e. The van der Waals surface area contributed by atoms with Gasteiger partial charge in [-0.1, -0.05) is 18.2 Å². The zero-order chi connectivity index (χ0) is 11.3. The summed E-state index contributed by atoms with van der Waals surface area (Å²) in [5, 5.41) is 22.5. The predicted octanol–water partition coefficient (Wildman–Crippen LogP) is 0.346. The lowest BCUT2D eigenvalue weighted by Gasteiger charge is -2.35. The number of rotatable bonds is 1. The molecule has 1 unspecified atom stereocenters. The average Bonchev–Trinajstić information content (AvgIpc) is 2.41. The molecule has 2 rings (SSSR count). The van der Waals surface area contributed by atoms with Crippen molar-refractivity contribution in [2.45, 2.75) is 25.2 Å². The Morgan fingerprint density at radius 2 is 1.93 bits per heavy atom. The molecule has 0 bridgehead atoms. The molecule has 0 spiro atoms. The van der Waals surface area contributed by atoms with E-state index < -0.39 is 11.3 Å². The number of aliphatic hydroxyl groups is 2. The number of hydrogen-bond donors (Lipinski definition) is 3. The van der Waals surface area contributed by atoms with Gasteiger partial charge in [0.15, 0.2) is 5.72 Å². The van der Waals surface area contributed by atoms with E-state index in [4.69, 9.17) is 0 Å². The van der Waals surface area contributed by atoms with Crippen molar-refractivity contribution in [3.8, 4) is 0 Å². The number of benzene rings is 1. The summed E-state index contributed by atoms with van der Waals surface area (Å²) in [6.45, 7) is 2.91. The lowest BCUT2D eigenvalue weighted by atomic mass is 9.88. The highest BCUT2D eigenvalue weighted by atomic mass is 16.4. The first kappa shape index (κ1) is 10.1. The van der Waals surface area contributed by atoms with E-state index in [0.29, 0.717) is 11.1 Å². The highest BCUT2D eigenvalue weighted by molar-refractivity contribution is 5.99. The van der Waals surface area contributed by atoms with Gasteiger partial charge in [-0.2, -0.15) is 0 Å². The minimum absolute atomic E-state index is 0.366. The van der Waals surface area contributed by atoms with E-state index in [0.717, 1.165) is 0 Å². The van der Waals surface area contributed by atoms with E-state index in [-0.39, 0.29) is 5.91 Å². The average molecular weight is 207 g/mol. The van der Waals surface area contributed by atoms with Gasteiger partial charge in [-0.15, -0.1) is 0 Å². The summed E-state index contributed by atoms with van der Waals surface area (Å²) < 4.78 is 0. The van der Waals surface area contributed by atoms with Crippen LogP contribution in [0.25, 0.3) is 0 Å². The third-order valence-electron chi connectivity index (χ3n) is 2.74. The van der Waals surface area contributed by atoms with E-state index in [1.165, 1.54) is 13.8 Å². The first-order valence-corrected chi connectivity index (χ1v) is 4.73. The third kappa shape index (κ3) is 1.26. The summed E-state index contributed by atoms with van der Waals surface area (Å²) in [6.07, 6.45) is 0. The molecule has 0 radical (unpaired) electrons. The highest BCUT2D eigenvalue weighted by Gasteiger charge is 2.51. The van der Waals surface area contributed by atoms with Gasteiger partial charge in [0.25, 0.3) is 5.91 Å². The molecular weight excluding hydrogens is 194 g/mol.